The summed E-state index contributed by atoms with van der Waals surface area (Å²) in [6.45, 7) is 1.13. The Morgan fingerprint density at radius 2 is 1.95 bits per heavy atom. The molecule has 1 fully saturated rings. The number of carboxylic acid groups (broad SMARTS) is 1. The summed E-state index contributed by atoms with van der Waals surface area (Å²) in [5, 5.41) is 16.8. The van der Waals surface area contributed by atoms with E-state index >= 15 is 0 Å². The van der Waals surface area contributed by atoms with E-state index in [4.69, 9.17) is 9.84 Å². The zero-order valence-electron chi connectivity index (χ0n) is 12.2. The number of carbonyl (C=O) groups excluding carboxylic acids is 2. The highest BCUT2D eigenvalue weighted by Gasteiger charge is 2.30. The van der Waals surface area contributed by atoms with Crippen LogP contribution in [-0.2, 0) is 14.3 Å². The molecule has 0 aromatic rings. The van der Waals surface area contributed by atoms with E-state index in [2.05, 4.69) is 16.0 Å². The number of rotatable bonds is 8. The smallest absolute Gasteiger partial charge is 0.315 e. The molecule has 1 rings (SSSR count). The van der Waals surface area contributed by atoms with Gasteiger partial charge >= 0.3 is 12.0 Å². The summed E-state index contributed by atoms with van der Waals surface area (Å²) in [7, 11) is 1.55. The topological polar surface area (TPSA) is 117 Å². The molecule has 0 bridgehead atoms. The minimum absolute atomic E-state index is 0.110. The van der Waals surface area contributed by atoms with Gasteiger partial charge in [0, 0.05) is 32.7 Å². The lowest BCUT2D eigenvalue weighted by Gasteiger charge is -2.13. The highest BCUT2D eigenvalue weighted by molar-refractivity contribution is 5.78. The van der Waals surface area contributed by atoms with E-state index in [0.29, 0.717) is 32.4 Å². The average Bonchev–Trinajstić information content (AvgIpc) is 2.87. The normalized spacial score (nSPS) is 20.8. The molecular weight excluding hydrogens is 278 g/mol. The number of carbonyl (C=O) groups is 3. The van der Waals surface area contributed by atoms with Crippen LogP contribution in [0.3, 0.4) is 0 Å². The number of hydrogen-bond donors (Lipinski definition) is 4. The van der Waals surface area contributed by atoms with Crippen LogP contribution in [0.2, 0.25) is 0 Å². The van der Waals surface area contributed by atoms with Gasteiger partial charge in [-0.2, -0.15) is 0 Å². The standard InChI is InChI=1S/C13H23N3O5/c1-21-7-6-14-11(17)4-5-15-13(20)16-10-3-2-9(8-10)12(18)19/h9-10H,2-8H2,1H3,(H,14,17)(H,18,19)(H2,15,16,20). The maximum atomic E-state index is 11.6. The molecule has 2 unspecified atom stereocenters. The van der Waals surface area contributed by atoms with Crippen LogP contribution in [0.25, 0.3) is 0 Å². The van der Waals surface area contributed by atoms with Crippen LogP contribution >= 0.6 is 0 Å². The second kappa shape index (κ2) is 9.17. The van der Waals surface area contributed by atoms with Crippen LogP contribution in [0.1, 0.15) is 25.7 Å². The molecule has 4 N–H and O–H groups in total. The second-order valence-corrected chi connectivity index (χ2v) is 5.04. The summed E-state index contributed by atoms with van der Waals surface area (Å²) in [6, 6.07) is -0.475. The van der Waals surface area contributed by atoms with Gasteiger partial charge < -0.3 is 25.8 Å². The van der Waals surface area contributed by atoms with E-state index < -0.39 is 5.97 Å². The Kier molecular flexibility index (Phi) is 7.52. The first-order chi connectivity index (χ1) is 10.0. The predicted molar refractivity (Wildman–Crippen MR) is 74.8 cm³/mol. The van der Waals surface area contributed by atoms with E-state index in [1.807, 2.05) is 0 Å². The van der Waals surface area contributed by atoms with Gasteiger partial charge in [0.1, 0.15) is 0 Å². The molecule has 2 atom stereocenters. The minimum atomic E-state index is -0.813. The fraction of sp³-hybridized carbons (Fsp3) is 0.769. The van der Waals surface area contributed by atoms with Crippen LogP contribution in [-0.4, -0.2) is 55.9 Å². The first kappa shape index (κ1) is 17.2. The van der Waals surface area contributed by atoms with E-state index in [9.17, 15) is 14.4 Å². The molecule has 120 valence electrons. The summed E-state index contributed by atoms with van der Waals surface area (Å²) in [5.74, 6) is -1.34. The Morgan fingerprint density at radius 3 is 2.57 bits per heavy atom. The van der Waals surface area contributed by atoms with Gasteiger partial charge in [-0.25, -0.2) is 4.79 Å². The SMILES string of the molecule is COCCNC(=O)CCNC(=O)NC1CCC(C(=O)O)C1. The molecule has 0 aromatic heterocycles. The molecule has 8 heteroatoms. The van der Waals surface area contributed by atoms with E-state index in [1.165, 1.54) is 0 Å². The molecule has 8 nitrogen and oxygen atoms in total. The highest BCUT2D eigenvalue weighted by atomic mass is 16.5. The molecule has 1 aliphatic carbocycles. The molecule has 0 radical (unpaired) electrons. The lowest BCUT2D eigenvalue weighted by Crippen LogP contribution is -2.42. The molecule has 0 aliphatic heterocycles. The zero-order chi connectivity index (χ0) is 15.7. The summed E-state index contributed by atoms with van der Waals surface area (Å²) >= 11 is 0. The lowest BCUT2D eigenvalue weighted by molar-refractivity contribution is -0.141. The Labute approximate surface area is 123 Å². The maximum Gasteiger partial charge on any atom is 0.315 e. The van der Waals surface area contributed by atoms with Crippen LogP contribution < -0.4 is 16.0 Å². The number of urea groups is 1. The van der Waals surface area contributed by atoms with Gasteiger partial charge in [-0.1, -0.05) is 0 Å². The maximum absolute atomic E-state index is 11.6. The molecule has 0 spiro atoms. The summed E-state index contributed by atoms with van der Waals surface area (Å²) in [4.78, 5) is 33.8. The first-order valence-corrected chi connectivity index (χ1v) is 7.05. The van der Waals surface area contributed by atoms with Crippen molar-refractivity contribution in [1.82, 2.24) is 16.0 Å². The van der Waals surface area contributed by atoms with Gasteiger partial charge in [0.2, 0.25) is 5.91 Å². The third-order valence-corrected chi connectivity index (χ3v) is 3.38. The van der Waals surface area contributed by atoms with Crippen molar-refractivity contribution in [3.63, 3.8) is 0 Å². The lowest BCUT2D eigenvalue weighted by atomic mass is 10.1. The monoisotopic (exact) mass is 301 g/mol. The first-order valence-electron chi connectivity index (χ1n) is 7.05. The van der Waals surface area contributed by atoms with Crippen molar-refractivity contribution in [3.05, 3.63) is 0 Å². The van der Waals surface area contributed by atoms with Gasteiger partial charge in [0.15, 0.2) is 0 Å². The van der Waals surface area contributed by atoms with Gasteiger partial charge in [-0.3, -0.25) is 9.59 Å². The average molecular weight is 301 g/mol. The Bertz CT molecular complexity index is 375. The molecule has 1 saturated carbocycles. The second-order valence-electron chi connectivity index (χ2n) is 5.04. The number of ether oxygens (including phenoxy) is 1. The fourth-order valence-corrected chi connectivity index (χ4v) is 2.24. The van der Waals surface area contributed by atoms with Crippen LogP contribution in [0.4, 0.5) is 4.79 Å². The van der Waals surface area contributed by atoms with Crippen molar-refractivity contribution in [2.45, 2.75) is 31.7 Å². The van der Waals surface area contributed by atoms with Crippen molar-refractivity contribution in [1.29, 1.82) is 0 Å². The fourth-order valence-electron chi connectivity index (χ4n) is 2.24. The van der Waals surface area contributed by atoms with Crippen LogP contribution in [0.15, 0.2) is 0 Å². The number of methoxy groups -OCH3 is 1. The number of hydrogen-bond acceptors (Lipinski definition) is 4. The molecule has 0 aromatic carbocycles. The summed E-state index contributed by atoms with van der Waals surface area (Å²) < 4.78 is 4.80. The Hall–Kier alpha value is -1.83. The number of carboxylic acids is 1. The molecular formula is C13H23N3O5. The van der Waals surface area contributed by atoms with Crippen molar-refractivity contribution in [2.24, 2.45) is 5.92 Å². The third-order valence-electron chi connectivity index (χ3n) is 3.38. The summed E-state index contributed by atoms with van der Waals surface area (Å²) in [6.07, 6.45) is 1.91. The van der Waals surface area contributed by atoms with Crippen molar-refractivity contribution >= 4 is 17.9 Å². The number of amides is 3. The molecule has 3 amide bonds. The zero-order valence-corrected chi connectivity index (χ0v) is 12.2. The van der Waals surface area contributed by atoms with Crippen molar-refractivity contribution in [3.8, 4) is 0 Å². The third kappa shape index (κ3) is 6.94. The van der Waals surface area contributed by atoms with E-state index in [0.717, 1.165) is 0 Å². The van der Waals surface area contributed by atoms with Gasteiger partial charge in [-0.05, 0) is 19.3 Å². The largest absolute Gasteiger partial charge is 0.481 e. The molecule has 1 aliphatic rings. The van der Waals surface area contributed by atoms with E-state index in [-0.39, 0.29) is 36.9 Å². The number of nitrogens with one attached hydrogen (secondary N) is 3. The van der Waals surface area contributed by atoms with Crippen LogP contribution in [0, 0.1) is 5.92 Å². The molecule has 21 heavy (non-hydrogen) atoms. The van der Waals surface area contributed by atoms with Crippen LogP contribution in [0.5, 0.6) is 0 Å². The van der Waals surface area contributed by atoms with Gasteiger partial charge in [-0.15, -0.1) is 0 Å². The quantitative estimate of drug-likeness (QED) is 0.459. The summed E-state index contributed by atoms with van der Waals surface area (Å²) in [5.41, 5.74) is 0. The van der Waals surface area contributed by atoms with E-state index in [1.54, 1.807) is 7.11 Å². The minimum Gasteiger partial charge on any atom is -0.481 e. The predicted octanol–water partition coefficient (Wildman–Crippen LogP) is -0.308. The molecule has 0 heterocycles. The van der Waals surface area contributed by atoms with Crippen molar-refractivity contribution < 1.29 is 24.2 Å². The Morgan fingerprint density at radius 1 is 1.19 bits per heavy atom. The number of aliphatic carboxylic acids is 1. The van der Waals surface area contributed by atoms with Gasteiger partial charge in [0.25, 0.3) is 0 Å². The Balaban J connectivity index is 2.09. The highest BCUT2D eigenvalue weighted by Crippen LogP contribution is 2.25. The molecule has 0 saturated heterocycles. The van der Waals surface area contributed by atoms with Crippen molar-refractivity contribution in [2.75, 3.05) is 26.8 Å². The van der Waals surface area contributed by atoms with Gasteiger partial charge in [0.05, 0.1) is 12.5 Å².